The van der Waals surface area contributed by atoms with Crippen molar-refractivity contribution < 1.29 is 30.7 Å². The SMILES string of the molecule is COc1ccc(Cl)c(NS(=O)(=O)c2ccc(F)c(C(F)(F)F)c2)c1. The molecule has 2 rings (SSSR count). The van der Waals surface area contributed by atoms with Crippen molar-refractivity contribution in [2.24, 2.45) is 0 Å². The highest BCUT2D eigenvalue weighted by molar-refractivity contribution is 7.92. The predicted molar refractivity (Wildman–Crippen MR) is 80.2 cm³/mol. The van der Waals surface area contributed by atoms with Crippen LogP contribution < -0.4 is 9.46 Å². The summed E-state index contributed by atoms with van der Waals surface area (Å²) >= 11 is 5.85. The fraction of sp³-hybridized carbons (Fsp3) is 0.143. The third-order valence-corrected chi connectivity index (χ3v) is 4.66. The molecule has 0 bridgehead atoms. The van der Waals surface area contributed by atoms with Crippen LogP contribution in [0.1, 0.15) is 5.56 Å². The normalized spacial score (nSPS) is 12.1. The lowest BCUT2D eigenvalue weighted by Gasteiger charge is -2.13. The van der Waals surface area contributed by atoms with Gasteiger partial charge in [-0.05, 0) is 30.3 Å². The van der Waals surface area contributed by atoms with E-state index in [-0.39, 0.29) is 22.5 Å². The van der Waals surface area contributed by atoms with E-state index in [1.807, 2.05) is 4.72 Å². The molecule has 0 saturated heterocycles. The van der Waals surface area contributed by atoms with Crippen LogP contribution in [0.3, 0.4) is 0 Å². The molecule has 0 aromatic heterocycles. The fourth-order valence-corrected chi connectivity index (χ4v) is 3.12. The average molecular weight is 384 g/mol. The monoisotopic (exact) mass is 383 g/mol. The zero-order valence-corrected chi connectivity index (χ0v) is 13.6. The van der Waals surface area contributed by atoms with Gasteiger partial charge in [-0.1, -0.05) is 11.6 Å². The zero-order chi connectivity index (χ0) is 18.1. The number of rotatable bonds is 4. The third kappa shape index (κ3) is 3.90. The lowest BCUT2D eigenvalue weighted by Crippen LogP contribution is -2.16. The van der Waals surface area contributed by atoms with Crippen LogP contribution in [0, 0.1) is 5.82 Å². The summed E-state index contributed by atoms with van der Waals surface area (Å²) in [5, 5.41) is 0.0116. The van der Waals surface area contributed by atoms with Crippen LogP contribution in [-0.2, 0) is 16.2 Å². The Morgan fingerprint density at radius 1 is 1.12 bits per heavy atom. The van der Waals surface area contributed by atoms with Gasteiger partial charge in [0.15, 0.2) is 0 Å². The van der Waals surface area contributed by atoms with Crippen molar-refractivity contribution in [3.8, 4) is 5.75 Å². The van der Waals surface area contributed by atoms with Gasteiger partial charge in [0.2, 0.25) is 0 Å². The molecule has 0 saturated carbocycles. The molecule has 0 radical (unpaired) electrons. The van der Waals surface area contributed by atoms with Gasteiger partial charge in [0.25, 0.3) is 10.0 Å². The Balaban J connectivity index is 2.45. The second kappa shape index (κ2) is 6.48. The summed E-state index contributed by atoms with van der Waals surface area (Å²) in [6.07, 6.45) is -5.02. The molecule has 130 valence electrons. The Hall–Kier alpha value is -2.00. The van der Waals surface area contributed by atoms with Crippen molar-refractivity contribution in [1.82, 2.24) is 0 Å². The van der Waals surface area contributed by atoms with Crippen molar-refractivity contribution in [2.75, 3.05) is 11.8 Å². The summed E-state index contributed by atoms with van der Waals surface area (Å²) in [5.41, 5.74) is -1.77. The molecule has 0 atom stereocenters. The summed E-state index contributed by atoms with van der Waals surface area (Å²) in [5.74, 6) is -1.28. The molecule has 10 heteroatoms. The van der Waals surface area contributed by atoms with E-state index < -0.39 is 32.5 Å². The molecule has 24 heavy (non-hydrogen) atoms. The quantitative estimate of drug-likeness (QED) is 0.800. The van der Waals surface area contributed by atoms with E-state index >= 15 is 0 Å². The number of benzene rings is 2. The minimum Gasteiger partial charge on any atom is -0.497 e. The van der Waals surface area contributed by atoms with E-state index in [4.69, 9.17) is 16.3 Å². The number of hydrogen-bond donors (Lipinski definition) is 1. The van der Waals surface area contributed by atoms with Gasteiger partial charge >= 0.3 is 6.18 Å². The van der Waals surface area contributed by atoms with Crippen LogP contribution in [0.5, 0.6) is 5.75 Å². The van der Waals surface area contributed by atoms with E-state index in [0.717, 1.165) is 6.07 Å². The molecule has 4 nitrogen and oxygen atoms in total. The maximum absolute atomic E-state index is 13.3. The van der Waals surface area contributed by atoms with E-state index in [1.54, 1.807) is 0 Å². The van der Waals surface area contributed by atoms with Gasteiger partial charge in [0, 0.05) is 6.07 Å². The predicted octanol–water partition coefficient (Wildman–Crippen LogP) is 4.31. The van der Waals surface area contributed by atoms with Gasteiger partial charge in [-0.3, -0.25) is 4.72 Å². The standard InChI is InChI=1S/C14H10ClF4NO3S/c1-23-8-2-4-11(15)13(6-8)20-24(21,22)9-3-5-12(16)10(7-9)14(17,18)19/h2-7,20H,1H3. The molecule has 2 aromatic carbocycles. The summed E-state index contributed by atoms with van der Waals surface area (Å²) in [7, 11) is -3.07. The number of sulfonamides is 1. The van der Waals surface area contributed by atoms with Gasteiger partial charge in [-0.2, -0.15) is 13.2 Å². The van der Waals surface area contributed by atoms with Crippen LogP contribution in [0.2, 0.25) is 5.02 Å². The summed E-state index contributed by atoms with van der Waals surface area (Å²) in [4.78, 5) is -0.755. The molecule has 0 amide bonds. The van der Waals surface area contributed by atoms with Crippen LogP contribution in [0.25, 0.3) is 0 Å². The number of alkyl halides is 3. The molecule has 0 unspecified atom stereocenters. The second-order valence-electron chi connectivity index (χ2n) is 4.59. The van der Waals surface area contributed by atoms with Crippen molar-refractivity contribution in [2.45, 2.75) is 11.1 Å². The number of ether oxygens (including phenoxy) is 1. The third-order valence-electron chi connectivity index (χ3n) is 2.97. The number of hydrogen-bond acceptors (Lipinski definition) is 3. The second-order valence-corrected chi connectivity index (χ2v) is 6.68. The Morgan fingerprint density at radius 2 is 1.79 bits per heavy atom. The number of methoxy groups -OCH3 is 1. The lowest BCUT2D eigenvalue weighted by atomic mass is 10.2. The molecule has 2 aromatic rings. The molecule has 0 aliphatic carbocycles. The number of anilines is 1. The first-order valence-corrected chi connectivity index (χ1v) is 8.14. The van der Waals surface area contributed by atoms with Crippen molar-refractivity contribution in [3.63, 3.8) is 0 Å². The maximum Gasteiger partial charge on any atom is 0.419 e. The first-order chi connectivity index (χ1) is 11.0. The van der Waals surface area contributed by atoms with Crippen LogP contribution in [-0.4, -0.2) is 15.5 Å². The highest BCUT2D eigenvalue weighted by atomic mass is 35.5. The Morgan fingerprint density at radius 3 is 2.38 bits per heavy atom. The smallest absolute Gasteiger partial charge is 0.419 e. The molecule has 0 fully saturated rings. The minimum atomic E-state index is -5.02. The Kier molecular flexibility index (Phi) is 4.95. The van der Waals surface area contributed by atoms with Gasteiger partial charge in [-0.25, -0.2) is 12.8 Å². The largest absolute Gasteiger partial charge is 0.497 e. The highest BCUT2D eigenvalue weighted by Crippen LogP contribution is 2.34. The van der Waals surface area contributed by atoms with Gasteiger partial charge in [0.05, 0.1) is 28.3 Å². The van der Waals surface area contributed by atoms with Crippen LogP contribution in [0.15, 0.2) is 41.3 Å². The Labute approximate surface area is 140 Å². The summed E-state index contributed by atoms with van der Waals surface area (Å²) < 4.78 is 82.9. The molecular weight excluding hydrogens is 374 g/mol. The van der Waals surface area contributed by atoms with Crippen molar-refractivity contribution >= 4 is 27.3 Å². The summed E-state index contributed by atoms with van der Waals surface area (Å²) in [6.45, 7) is 0. The first-order valence-electron chi connectivity index (χ1n) is 6.27. The zero-order valence-electron chi connectivity index (χ0n) is 12.0. The number of nitrogens with one attached hydrogen (secondary N) is 1. The molecular formula is C14H10ClF4NO3S. The maximum atomic E-state index is 13.3. The molecule has 0 aliphatic heterocycles. The van der Waals surface area contributed by atoms with E-state index in [0.29, 0.717) is 6.07 Å². The fourth-order valence-electron chi connectivity index (χ4n) is 1.80. The average Bonchev–Trinajstić information content (AvgIpc) is 2.48. The van der Waals surface area contributed by atoms with E-state index in [2.05, 4.69) is 0 Å². The molecule has 0 aliphatic rings. The summed E-state index contributed by atoms with van der Waals surface area (Å²) in [6, 6.07) is 5.45. The molecule has 1 N–H and O–H groups in total. The van der Waals surface area contributed by atoms with Gasteiger partial charge in [-0.15, -0.1) is 0 Å². The number of halogens is 5. The van der Waals surface area contributed by atoms with Gasteiger partial charge in [0.1, 0.15) is 11.6 Å². The van der Waals surface area contributed by atoms with Crippen molar-refractivity contribution in [1.29, 1.82) is 0 Å². The van der Waals surface area contributed by atoms with Gasteiger partial charge < -0.3 is 4.74 Å². The Bertz CT molecular complexity index is 869. The van der Waals surface area contributed by atoms with E-state index in [9.17, 15) is 26.0 Å². The van der Waals surface area contributed by atoms with E-state index in [1.165, 1.54) is 25.3 Å². The topological polar surface area (TPSA) is 55.4 Å². The van der Waals surface area contributed by atoms with Crippen LogP contribution >= 0.6 is 11.6 Å². The highest BCUT2D eigenvalue weighted by Gasteiger charge is 2.35. The lowest BCUT2D eigenvalue weighted by molar-refractivity contribution is -0.140. The van der Waals surface area contributed by atoms with Crippen LogP contribution in [0.4, 0.5) is 23.2 Å². The molecule has 0 spiro atoms. The first kappa shape index (κ1) is 18.3. The molecule has 0 heterocycles. The minimum absolute atomic E-state index is 0.0116. The van der Waals surface area contributed by atoms with Crippen molar-refractivity contribution in [3.05, 3.63) is 52.8 Å².